The SMILES string of the molecule is Nc1ncnn2c(C3CCCC3)nc(-c3ccc(OS(=O)(=O)C(F)(F)F)cc3)c12. The first kappa shape index (κ1) is 19.4. The molecule has 1 aliphatic carbocycles. The largest absolute Gasteiger partial charge is 0.534 e. The molecule has 2 aromatic heterocycles. The second-order valence-corrected chi connectivity index (χ2v) is 8.25. The Kier molecular flexibility index (Phi) is 4.60. The van der Waals surface area contributed by atoms with Crippen LogP contribution < -0.4 is 9.92 Å². The summed E-state index contributed by atoms with van der Waals surface area (Å²) in [6.45, 7) is 0. The summed E-state index contributed by atoms with van der Waals surface area (Å²) in [5, 5.41) is 4.26. The molecule has 0 amide bonds. The Balaban J connectivity index is 1.74. The molecule has 0 aliphatic heterocycles. The summed E-state index contributed by atoms with van der Waals surface area (Å²) in [7, 11) is -5.74. The van der Waals surface area contributed by atoms with Crippen LogP contribution in [0.15, 0.2) is 30.6 Å². The minimum Gasteiger partial charge on any atom is -0.382 e. The summed E-state index contributed by atoms with van der Waals surface area (Å²) in [6, 6.07) is 5.07. The summed E-state index contributed by atoms with van der Waals surface area (Å²) in [6.07, 6.45) is 5.48. The topological polar surface area (TPSA) is 112 Å². The molecular weight excluding hydrogens is 411 g/mol. The number of nitrogens with two attached hydrogens (primary N) is 1. The predicted octanol–water partition coefficient (Wildman–Crippen LogP) is 3.26. The van der Waals surface area contributed by atoms with Gasteiger partial charge in [0.15, 0.2) is 5.82 Å². The van der Waals surface area contributed by atoms with Gasteiger partial charge in [0.05, 0.1) is 0 Å². The number of alkyl halides is 3. The zero-order chi connectivity index (χ0) is 20.8. The van der Waals surface area contributed by atoms with Crippen LogP contribution >= 0.6 is 0 Å². The standard InChI is InChI=1S/C17H16F3N5O3S/c18-17(19,20)29(26,27)28-12-7-5-10(6-8-12)13-14-15(21)22-9-23-25(14)16(24-13)11-3-1-2-4-11/h5-9,11H,1-4H2,(H2,21,22,23). The van der Waals surface area contributed by atoms with Gasteiger partial charge in [-0.2, -0.15) is 26.7 Å². The zero-order valence-corrected chi connectivity index (χ0v) is 15.7. The van der Waals surface area contributed by atoms with Crippen LogP contribution in [0.4, 0.5) is 19.0 Å². The average Bonchev–Trinajstić information content (AvgIpc) is 3.29. The van der Waals surface area contributed by atoms with Gasteiger partial charge in [0, 0.05) is 11.5 Å². The maximum Gasteiger partial charge on any atom is 0.534 e. The van der Waals surface area contributed by atoms with Gasteiger partial charge in [0.2, 0.25) is 0 Å². The second kappa shape index (κ2) is 6.87. The monoisotopic (exact) mass is 427 g/mol. The molecule has 1 fully saturated rings. The molecule has 0 bridgehead atoms. The Labute approximate surface area is 163 Å². The number of benzene rings is 1. The molecular formula is C17H16F3N5O3S. The van der Waals surface area contributed by atoms with Crippen molar-refractivity contribution >= 4 is 21.5 Å². The smallest absolute Gasteiger partial charge is 0.382 e. The summed E-state index contributed by atoms with van der Waals surface area (Å²) in [4.78, 5) is 8.69. The third-order valence-corrected chi connectivity index (χ3v) is 5.80. The number of fused-ring (bicyclic) bond motifs is 1. The van der Waals surface area contributed by atoms with Crippen LogP contribution in [-0.2, 0) is 10.1 Å². The molecule has 0 radical (unpaired) electrons. The predicted molar refractivity (Wildman–Crippen MR) is 97.4 cm³/mol. The lowest BCUT2D eigenvalue weighted by molar-refractivity contribution is -0.0500. The van der Waals surface area contributed by atoms with E-state index in [0.717, 1.165) is 43.6 Å². The van der Waals surface area contributed by atoms with Crippen molar-refractivity contribution in [2.75, 3.05) is 5.73 Å². The van der Waals surface area contributed by atoms with Crippen LogP contribution in [0, 0.1) is 0 Å². The normalized spacial score (nSPS) is 15.8. The van der Waals surface area contributed by atoms with E-state index in [4.69, 9.17) is 5.73 Å². The highest BCUT2D eigenvalue weighted by Gasteiger charge is 2.48. The molecule has 0 spiro atoms. The van der Waals surface area contributed by atoms with E-state index in [2.05, 4.69) is 19.2 Å². The molecule has 4 rings (SSSR count). The summed E-state index contributed by atoms with van der Waals surface area (Å²) in [5.74, 6) is 0.730. The Bertz CT molecular complexity index is 1150. The van der Waals surface area contributed by atoms with E-state index in [9.17, 15) is 21.6 Å². The number of hydrogen-bond acceptors (Lipinski definition) is 7. The number of halogens is 3. The van der Waals surface area contributed by atoms with Crippen molar-refractivity contribution in [3.63, 3.8) is 0 Å². The molecule has 2 N–H and O–H groups in total. The Hall–Kier alpha value is -2.89. The molecule has 3 aromatic rings. The van der Waals surface area contributed by atoms with Gasteiger partial charge in [-0.15, -0.1) is 0 Å². The van der Waals surface area contributed by atoms with Gasteiger partial charge >= 0.3 is 15.6 Å². The van der Waals surface area contributed by atoms with Crippen molar-refractivity contribution in [2.24, 2.45) is 0 Å². The minimum absolute atomic E-state index is 0.215. The molecule has 0 unspecified atom stereocenters. The summed E-state index contributed by atoms with van der Waals surface area (Å²) < 4.78 is 65.5. The Morgan fingerprint density at radius 1 is 1.14 bits per heavy atom. The summed E-state index contributed by atoms with van der Waals surface area (Å²) >= 11 is 0. The van der Waals surface area contributed by atoms with Crippen LogP contribution in [0.2, 0.25) is 0 Å². The van der Waals surface area contributed by atoms with E-state index in [1.54, 1.807) is 4.52 Å². The molecule has 0 atom stereocenters. The van der Waals surface area contributed by atoms with E-state index >= 15 is 0 Å². The van der Waals surface area contributed by atoms with Gasteiger partial charge in [-0.25, -0.2) is 14.5 Å². The van der Waals surface area contributed by atoms with E-state index in [0.29, 0.717) is 16.8 Å². The van der Waals surface area contributed by atoms with Crippen LogP contribution in [-0.4, -0.2) is 33.5 Å². The first-order valence-electron chi connectivity index (χ1n) is 8.77. The van der Waals surface area contributed by atoms with Crippen molar-refractivity contribution in [1.82, 2.24) is 19.6 Å². The van der Waals surface area contributed by atoms with Crippen molar-refractivity contribution < 1.29 is 25.8 Å². The molecule has 2 heterocycles. The van der Waals surface area contributed by atoms with Crippen molar-refractivity contribution in [2.45, 2.75) is 37.1 Å². The Morgan fingerprint density at radius 2 is 1.79 bits per heavy atom. The number of imidazole rings is 1. The van der Waals surface area contributed by atoms with Crippen molar-refractivity contribution in [3.8, 4) is 17.0 Å². The fourth-order valence-electron chi connectivity index (χ4n) is 3.47. The molecule has 12 heteroatoms. The quantitative estimate of drug-likeness (QED) is 0.502. The number of nitrogens with zero attached hydrogens (tertiary/aromatic N) is 4. The van der Waals surface area contributed by atoms with Gasteiger partial charge < -0.3 is 9.92 Å². The van der Waals surface area contributed by atoms with Gasteiger partial charge in [-0.05, 0) is 37.1 Å². The van der Waals surface area contributed by atoms with Gasteiger partial charge in [-0.3, -0.25) is 0 Å². The van der Waals surface area contributed by atoms with E-state index < -0.39 is 21.4 Å². The third kappa shape index (κ3) is 3.48. The van der Waals surface area contributed by atoms with Crippen LogP contribution in [0.5, 0.6) is 5.75 Å². The van der Waals surface area contributed by atoms with Crippen LogP contribution in [0.3, 0.4) is 0 Å². The molecule has 1 aromatic carbocycles. The lowest BCUT2D eigenvalue weighted by atomic mass is 10.1. The number of hydrogen-bond donors (Lipinski definition) is 1. The number of rotatable bonds is 4. The van der Waals surface area contributed by atoms with E-state index in [1.165, 1.54) is 18.5 Å². The van der Waals surface area contributed by atoms with Crippen molar-refractivity contribution in [1.29, 1.82) is 0 Å². The van der Waals surface area contributed by atoms with E-state index in [-0.39, 0.29) is 11.7 Å². The van der Waals surface area contributed by atoms with Crippen LogP contribution in [0.1, 0.15) is 37.4 Å². The fourth-order valence-corrected chi connectivity index (χ4v) is 3.93. The Morgan fingerprint density at radius 3 is 2.41 bits per heavy atom. The first-order valence-corrected chi connectivity index (χ1v) is 10.2. The number of anilines is 1. The average molecular weight is 427 g/mol. The third-order valence-electron chi connectivity index (χ3n) is 4.82. The highest BCUT2D eigenvalue weighted by atomic mass is 32.2. The highest BCUT2D eigenvalue weighted by Crippen LogP contribution is 2.37. The second-order valence-electron chi connectivity index (χ2n) is 6.71. The molecule has 0 saturated heterocycles. The fraction of sp³-hybridized carbons (Fsp3) is 0.353. The molecule has 1 saturated carbocycles. The molecule has 29 heavy (non-hydrogen) atoms. The first-order chi connectivity index (χ1) is 13.7. The van der Waals surface area contributed by atoms with Crippen molar-refractivity contribution in [3.05, 3.63) is 36.4 Å². The highest BCUT2D eigenvalue weighted by molar-refractivity contribution is 7.88. The van der Waals surface area contributed by atoms with Crippen LogP contribution in [0.25, 0.3) is 16.8 Å². The zero-order valence-electron chi connectivity index (χ0n) is 14.9. The van der Waals surface area contributed by atoms with Gasteiger partial charge in [0.1, 0.15) is 29.1 Å². The molecule has 8 nitrogen and oxygen atoms in total. The number of aromatic nitrogens is 4. The van der Waals surface area contributed by atoms with Gasteiger partial charge in [-0.1, -0.05) is 12.8 Å². The maximum atomic E-state index is 12.5. The lowest BCUT2D eigenvalue weighted by Crippen LogP contribution is -2.28. The van der Waals surface area contributed by atoms with Gasteiger partial charge in [0.25, 0.3) is 0 Å². The number of nitrogen functional groups attached to an aromatic ring is 1. The molecule has 154 valence electrons. The lowest BCUT2D eigenvalue weighted by Gasteiger charge is -2.09. The molecule has 1 aliphatic rings. The minimum atomic E-state index is -5.74. The van der Waals surface area contributed by atoms with E-state index in [1.807, 2.05) is 0 Å². The maximum absolute atomic E-state index is 12.5. The summed E-state index contributed by atoms with van der Waals surface area (Å²) in [5.41, 5.74) is 2.00.